The molecule has 0 radical (unpaired) electrons. The van der Waals surface area contributed by atoms with Crippen LogP contribution in [0.4, 0.5) is 0 Å². The standard InChI is InChI=1S/C14H21BrN2O3S/c1-8-11(15)6-10(7-12(8)21(16,19)20)13(18)17-9(2)14(3,4)5/h6-7,9H,1-5H3,(H,17,18)(H2,16,19,20). The molecular formula is C14H21BrN2O3S. The van der Waals surface area contributed by atoms with Gasteiger partial charge in [0.05, 0.1) is 4.90 Å². The maximum absolute atomic E-state index is 12.3. The quantitative estimate of drug-likeness (QED) is 0.849. The zero-order valence-electron chi connectivity index (χ0n) is 12.8. The molecule has 1 aromatic rings. The number of halogens is 1. The van der Waals surface area contributed by atoms with E-state index in [0.29, 0.717) is 10.0 Å². The van der Waals surface area contributed by atoms with E-state index < -0.39 is 10.0 Å². The van der Waals surface area contributed by atoms with Crippen LogP contribution in [0.2, 0.25) is 0 Å². The second-order valence-corrected chi connectivity index (χ2v) is 8.57. The van der Waals surface area contributed by atoms with Crippen molar-refractivity contribution in [2.45, 2.75) is 45.6 Å². The normalized spacial score (nSPS) is 13.9. The van der Waals surface area contributed by atoms with Crippen molar-refractivity contribution in [3.63, 3.8) is 0 Å². The summed E-state index contributed by atoms with van der Waals surface area (Å²) in [7, 11) is -3.88. The SMILES string of the molecule is Cc1c(Br)cc(C(=O)NC(C)C(C)(C)C)cc1S(N)(=O)=O. The third-order valence-electron chi connectivity index (χ3n) is 3.51. The van der Waals surface area contributed by atoms with Crippen LogP contribution in [0.3, 0.4) is 0 Å². The summed E-state index contributed by atoms with van der Waals surface area (Å²) >= 11 is 3.26. The molecule has 1 unspecified atom stereocenters. The Labute approximate surface area is 134 Å². The van der Waals surface area contributed by atoms with Crippen molar-refractivity contribution in [2.24, 2.45) is 10.6 Å². The summed E-state index contributed by atoms with van der Waals surface area (Å²) in [6, 6.07) is 2.83. The van der Waals surface area contributed by atoms with Gasteiger partial charge in [-0.05, 0) is 37.0 Å². The molecule has 5 nitrogen and oxygen atoms in total. The first-order valence-corrected chi connectivity index (χ1v) is 8.81. The summed E-state index contributed by atoms with van der Waals surface area (Å²) in [6.07, 6.45) is 0. The predicted molar refractivity (Wildman–Crippen MR) is 86.6 cm³/mol. The summed E-state index contributed by atoms with van der Waals surface area (Å²) in [5.74, 6) is -0.331. The second-order valence-electron chi connectivity index (χ2n) is 6.19. The van der Waals surface area contributed by atoms with Gasteiger partial charge >= 0.3 is 0 Å². The minimum absolute atomic E-state index is 0.0505. The van der Waals surface area contributed by atoms with Crippen LogP contribution in [0.15, 0.2) is 21.5 Å². The van der Waals surface area contributed by atoms with Gasteiger partial charge < -0.3 is 5.32 Å². The van der Waals surface area contributed by atoms with E-state index in [1.165, 1.54) is 6.07 Å². The van der Waals surface area contributed by atoms with Gasteiger partial charge in [0.25, 0.3) is 5.91 Å². The lowest BCUT2D eigenvalue weighted by Crippen LogP contribution is -2.41. The Bertz CT molecular complexity index is 664. The fourth-order valence-electron chi connectivity index (χ4n) is 1.58. The van der Waals surface area contributed by atoms with Crippen LogP contribution in [0.25, 0.3) is 0 Å². The zero-order chi connectivity index (χ0) is 16.6. The number of amides is 1. The Morgan fingerprint density at radius 1 is 1.33 bits per heavy atom. The summed E-state index contributed by atoms with van der Waals surface area (Å²) in [5, 5.41) is 8.05. The van der Waals surface area contributed by atoms with E-state index in [1.54, 1.807) is 13.0 Å². The van der Waals surface area contributed by atoms with Crippen LogP contribution in [0, 0.1) is 12.3 Å². The van der Waals surface area contributed by atoms with Gasteiger partial charge in [0.1, 0.15) is 0 Å². The molecule has 0 heterocycles. The number of carbonyl (C=O) groups is 1. The number of hydrogen-bond donors (Lipinski definition) is 2. The van der Waals surface area contributed by atoms with Crippen LogP contribution >= 0.6 is 15.9 Å². The van der Waals surface area contributed by atoms with Gasteiger partial charge in [-0.1, -0.05) is 36.7 Å². The van der Waals surface area contributed by atoms with Crippen molar-refractivity contribution in [2.75, 3.05) is 0 Å². The minimum atomic E-state index is -3.88. The smallest absolute Gasteiger partial charge is 0.251 e. The largest absolute Gasteiger partial charge is 0.349 e. The van der Waals surface area contributed by atoms with Crippen LogP contribution in [0.5, 0.6) is 0 Å². The average molecular weight is 377 g/mol. The van der Waals surface area contributed by atoms with Crippen LogP contribution < -0.4 is 10.5 Å². The highest BCUT2D eigenvalue weighted by Gasteiger charge is 2.24. The Hall–Kier alpha value is -0.920. The molecule has 21 heavy (non-hydrogen) atoms. The number of primary sulfonamides is 1. The van der Waals surface area contributed by atoms with Crippen molar-refractivity contribution < 1.29 is 13.2 Å². The number of carbonyl (C=O) groups excluding carboxylic acids is 1. The fraction of sp³-hybridized carbons (Fsp3) is 0.500. The molecular weight excluding hydrogens is 356 g/mol. The lowest BCUT2D eigenvalue weighted by molar-refractivity contribution is 0.0910. The lowest BCUT2D eigenvalue weighted by Gasteiger charge is -2.28. The van der Waals surface area contributed by atoms with Crippen LogP contribution in [0.1, 0.15) is 43.6 Å². The Morgan fingerprint density at radius 3 is 2.29 bits per heavy atom. The molecule has 0 aliphatic carbocycles. The number of nitrogens with one attached hydrogen (secondary N) is 1. The van der Waals surface area contributed by atoms with Gasteiger partial charge in [-0.3, -0.25) is 4.79 Å². The van der Waals surface area contributed by atoms with Crippen molar-refractivity contribution in [1.82, 2.24) is 5.32 Å². The van der Waals surface area contributed by atoms with E-state index in [2.05, 4.69) is 21.2 Å². The molecule has 0 saturated heterocycles. The molecule has 0 fully saturated rings. The Morgan fingerprint density at radius 2 is 1.86 bits per heavy atom. The Balaban J connectivity index is 3.21. The number of benzene rings is 1. The van der Waals surface area contributed by atoms with E-state index in [4.69, 9.17) is 5.14 Å². The molecule has 7 heteroatoms. The maximum atomic E-state index is 12.3. The lowest BCUT2D eigenvalue weighted by atomic mass is 9.88. The van der Waals surface area contributed by atoms with E-state index in [0.717, 1.165) is 0 Å². The van der Waals surface area contributed by atoms with Gasteiger partial charge in [0, 0.05) is 16.1 Å². The molecule has 1 atom stereocenters. The molecule has 0 aliphatic rings. The third-order valence-corrected chi connectivity index (χ3v) is 5.37. The zero-order valence-corrected chi connectivity index (χ0v) is 15.2. The van der Waals surface area contributed by atoms with Crippen molar-refractivity contribution >= 4 is 31.9 Å². The van der Waals surface area contributed by atoms with E-state index in [1.807, 2.05) is 27.7 Å². The first-order valence-electron chi connectivity index (χ1n) is 6.48. The van der Waals surface area contributed by atoms with Gasteiger partial charge in [-0.15, -0.1) is 0 Å². The molecule has 0 aromatic heterocycles. The first-order chi connectivity index (χ1) is 9.34. The van der Waals surface area contributed by atoms with Crippen molar-refractivity contribution in [3.05, 3.63) is 27.7 Å². The number of nitrogens with two attached hydrogens (primary N) is 1. The minimum Gasteiger partial charge on any atom is -0.349 e. The highest BCUT2D eigenvalue weighted by atomic mass is 79.9. The molecule has 1 rings (SSSR count). The number of hydrogen-bond acceptors (Lipinski definition) is 3. The highest BCUT2D eigenvalue weighted by molar-refractivity contribution is 9.10. The highest BCUT2D eigenvalue weighted by Crippen LogP contribution is 2.26. The van der Waals surface area contributed by atoms with Gasteiger partial charge in [0.15, 0.2) is 0 Å². The summed E-state index contributed by atoms with van der Waals surface area (Å²) < 4.78 is 23.7. The molecule has 118 valence electrons. The second kappa shape index (κ2) is 6.06. The average Bonchev–Trinajstić information content (AvgIpc) is 2.29. The summed E-state index contributed by atoms with van der Waals surface area (Å²) in [5.41, 5.74) is 0.644. The summed E-state index contributed by atoms with van der Waals surface area (Å²) in [4.78, 5) is 12.2. The van der Waals surface area contributed by atoms with E-state index in [-0.39, 0.29) is 27.8 Å². The maximum Gasteiger partial charge on any atom is 0.251 e. The monoisotopic (exact) mass is 376 g/mol. The topological polar surface area (TPSA) is 89.3 Å². The van der Waals surface area contributed by atoms with Crippen LogP contribution in [-0.2, 0) is 10.0 Å². The van der Waals surface area contributed by atoms with Crippen molar-refractivity contribution in [1.29, 1.82) is 0 Å². The van der Waals surface area contributed by atoms with Gasteiger partial charge in [-0.25, -0.2) is 13.6 Å². The molecule has 0 saturated carbocycles. The fourth-order valence-corrected chi connectivity index (χ4v) is 3.00. The van der Waals surface area contributed by atoms with E-state index >= 15 is 0 Å². The molecule has 0 aliphatic heterocycles. The summed E-state index contributed by atoms with van der Waals surface area (Å²) in [6.45, 7) is 9.57. The molecule has 1 amide bonds. The molecule has 3 N–H and O–H groups in total. The first kappa shape index (κ1) is 18.1. The number of rotatable bonds is 3. The van der Waals surface area contributed by atoms with Crippen molar-refractivity contribution in [3.8, 4) is 0 Å². The molecule has 1 aromatic carbocycles. The predicted octanol–water partition coefficient (Wildman–Crippen LogP) is 2.57. The third kappa shape index (κ3) is 4.52. The number of sulfonamides is 1. The van der Waals surface area contributed by atoms with Gasteiger partial charge in [-0.2, -0.15) is 0 Å². The Kier molecular flexibility index (Phi) is 5.23. The molecule has 0 bridgehead atoms. The van der Waals surface area contributed by atoms with Gasteiger partial charge in [0.2, 0.25) is 10.0 Å². The molecule has 0 spiro atoms. The van der Waals surface area contributed by atoms with E-state index in [9.17, 15) is 13.2 Å². The van der Waals surface area contributed by atoms with Crippen LogP contribution in [-0.4, -0.2) is 20.4 Å².